The Morgan fingerprint density at radius 2 is 2.26 bits per heavy atom. The number of nitrogens with two attached hydrogens (primary N) is 1. The first kappa shape index (κ1) is 11.9. The summed E-state index contributed by atoms with van der Waals surface area (Å²) >= 11 is 0. The van der Waals surface area contributed by atoms with Gasteiger partial charge in [0.15, 0.2) is 0 Å². The van der Waals surface area contributed by atoms with Crippen LogP contribution in [-0.4, -0.2) is 57.1 Å². The molecule has 2 unspecified atom stereocenters. The van der Waals surface area contributed by atoms with Crippen LogP contribution in [0.25, 0.3) is 0 Å². The van der Waals surface area contributed by atoms with Crippen LogP contribution in [-0.2, 0) is 13.1 Å². The first-order valence-corrected chi connectivity index (χ1v) is 7.53. The van der Waals surface area contributed by atoms with Gasteiger partial charge in [-0.05, 0) is 25.8 Å². The number of nitrogens with zero attached hydrogens (tertiary/aromatic N) is 4. The van der Waals surface area contributed by atoms with E-state index in [0.29, 0.717) is 6.04 Å². The molecule has 2 saturated heterocycles. The maximum Gasteiger partial charge on any atom is 0.122 e. The molecule has 0 aromatic carbocycles. The number of fused-ring (bicyclic) bond motifs is 2. The van der Waals surface area contributed by atoms with Crippen LogP contribution in [0, 0.1) is 0 Å². The van der Waals surface area contributed by atoms with Gasteiger partial charge in [-0.1, -0.05) is 0 Å². The van der Waals surface area contributed by atoms with Crippen molar-refractivity contribution in [1.29, 1.82) is 0 Å². The number of hydrogen-bond acceptors (Lipinski definition) is 4. The van der Waals surface area contributed by atoms with Crippen molar-refractivity contribution in [2.24, 2.45) is 5.73 Å². The van der Waals surface area contributed by atoms with Gasteiger partial charge in [0.25, 0.3) is 0 Å². The zero-order valence-corrected chi connectivity index (χ0v) is 11.5. The molecular formula is C14H23N5. The zero-order valence-electron chi connectivity index (χ0n) is 11.5. The Kier molecular flexibility index (Phi) is 2.69. The van der Waals surface area contributed by atoms with E-state index in [-0.39, 0.29) is 5.54 Å². The maximum absolute atomic E-state index is 6.26. The first-order valence-electron chi connectivity index (χ1n) is 7.53. The predicted molar refractivity (Wildman–Crippen MR) is 73.6 cm³/mol. The van der Waals surface area contributed by atoms with Crippen molar-refractivity contribution in [2.75, 3.05) is 26.2 Å². The maximum atomic E-state index is 6.26. The van der Waals surface area contributed by atoms with Crippen molar-refractivity contribution in [3.8, 4) is 0 Å². The molecule has 2 atom stereocenters. The van der Waals surface area contributed by atoms with Crippen molar-refractivity contribution in [3.05, 3.63) is 18.2 Å². The standard InChI is InChI=1S/C14H23N5/c15-11-14(3-6-17-5-1-2-12(14)17)19-9-8-18-7-4-16-13(18)10-19/h4,7,12H,1-3,5-6,8-11,15H2. The summed E-state index contributed by atoms with van der Waals surface area (Å²) in [5.41, 5.74) is 6.46. The average molecular weight is 261 g/mol. The second-order valence-corrected chi connectivity index (χ2v) is 6.21. The Morgan fingerprint density at radius 3 is 3.16 bits per heavy atom. The van der Waals surface area contributed by atoms with Crippen LogP contribution in [0.1, 0.15) is 25.1 Å². The largest absolute Gasteiger partial charge is 0.333 e. The fourth-order valence-corrected chi connectivity index (χ4v) is 4.50. The van der Waals surface area contributed by atoms with Gasteiger partial charge in [0.2, 0.25) is 0 Å². The van der Waals surface area contributed by atoms with Crippen LogP contribution in [0.15, 0.2) is 12.4 Å². The zero-order chi connectivity index (χ0) is 12.9. The molecule has 1 aromatic rings. The molecule has 3 aliphatic heterocycles. The third kappa shape index (κ3) is 1.61. The van der Waals surface area contributed by atoms with Gasteiger partial charge in [0, 0.05) is 44.6 Å². The lowest BCUT2D eigenvalue weighted by Gasteiger charge is -2.46. The fourth-order valence-electron chi connectivity index (χ4n) is 4.50. The molecule has 0 saturated carbocycles. The molecule has 4 rings (SSSR count). The van der Waals surface area contributed by atoms with Crippen molar-refractivity contribution in [1.82, 2.24) is 19.4 Å². The van der Waals surface area contributed by atoms with E-state index in [0.717, 1.165) is 26.2 Å². The molecule has 3 aliphatic rings. The van der Waals surface area contributed by atoms with E-state index in [2.05, 4.69) is 25.5 Å². The van der Waals surface area contributed by atoms with Gasteiger partial charge in [0.05, 0.1) is 12.1 Å². The van der Waals surface area contributed by atoms with Gasteiger partial charge in [0.1, 0.15) is 5.82 Å². The number of aromatic nitrogens is 2. The summed E-state index contributed by atoms with van der Waals surface area (Å²) in [5.74, 6) is 1.20. The summed E-state index contributed by atoms with van der Waals surface area (Å²) in [6, 6.07) is 0.680. The minimum atomic E-state index is 0.202. The van der Waals surface area contributed by atoms with Crippen molar-refractivity contribution in [2.45, 2.75) is 43.9 Å². The smallest absolute Gasteiger partial charge is 0.122 e. The SMILES string of the molecule is NCC1(N2CCn3ccnc3C2)CCN2CCCC21. The van der Waals surface area contributed by atoms with E-state index < -0.39 is 0 Å². The summed E-state index contributed by atoms with van der Waals surface area (Å²) in [4.78, 5) is 9.79. The number of hydrogen-bond donors (Lipinski definition) is 1. The lowest BCUT2D eigenvalue weighted by atomic mass is 9.86. The predicted octanol–water partition coefficient (Wildman–Crippen LogP) is 0.264. The van der Waals surface area contributed by atoms with Crippen LogP contribution in [0.2, 0.25) is 0 Å². The van der Waals surface area contributed by atoms with Crippen molar-refractivity contribution >= 4 is 0 Å². The van der Waals surface area contributed by atoms with Crippen LogP contribution < -0.4 is 5.73 Å². The number of rotatable bonds is 2. The van der Waals surface area contributed by atoms with E-state index in [1.165, 1.54) is 38.2 Å². The van der Waals surface area contributed by atoms with Crippen LogP contribution in [0.3, 0.4) is 0 Å². The van der Waals surface area contributed by atoms with Gasteiger partial charge >= 0.3 is 0 Å². The van der Waals surface area contributed by atoms with Gasteiger partial charge in [-0.3, -0.25) is 9.80 Å². The molecule has 4 heterocycles. The molecule has 19 heavy (non-hydrogen) atoms. The van der Waals surface area contributed by atoms with Gasteiger partial charge < -0.3 is 10.3 Å². The minimum Gasteiger partial charge on any atom is -0.333 e. The minimum absolute atomic E-state index is 0.202. The van der Waals surface area contributed by atoms with E-state index in [4.69, 9.17) is 5.73 Å². The Labute approximate surface area is 114 Å². The van der Waals surface area contributed by atoms with Crippen LogP contribution in [0.4, 0.5) is 0 Å². The second-order valence-electron chi connectivity index (χ2n) is 6.21. The molecule has 0 amide bonds. The highest BCUT2D eigenvalue weighted by Gasteiger charge is 2.52. The Bertz CT molecular complexity index is 470. The first-order chi connectivity index (χ1) is 9.33. The van der Waals surface area contributed by atoms with Crippen molar-refractivity contribution < 1.29 is 0 Å². The molecule has 5 heteroatoms. The Balaban J connectivity index is 1.63. The van der Waals surface area contributed by atoms with Crippen LogP contribution >= 0.6 is 0 Å². The van der Waals surface area contributed by atoms with Crippen molar-refractivity contribution in [3.63, 3.8) is 0 Å². The Morgan fingerprint density at radius 1 is 1.32 bits per heavy atom. The molecule has 1 aromatic heterocycles. The molecule has 104 valence electrons. The highest BCUT2D eigenvalue weighted by Crippen LogP contribution is 2.40. The summed E-state index contributed by atoms with van der Waals surface area (Å²) in [5, 5.41) is 0. The third-order valence-electron chi connectivity index (χ3n) is 5.54. The van der Waals surface area contributed by atoms with E-state index in [1.807, 2.05) is 6.20 Å². The van der Waals surface area contributed by atoms with Gasteiger partial charge in [-0.25, -0.2) is 4.98 Å². The number of imidazole rings is 1. The Hall–Kier alpha value is -0.910. The highest BCUT2D eigenvalue weighted by atomic mass is 15.4. The molecule has 2 fully saturated rings. The summed E-state index contributed by atoms with van der Waals surface area (Å²) in [7, 11) is 0. The highest BCUT2D eigenvalue weighted by molar-refractivity contribution is 5.11. The molecule has 0 radical (unpaired) electrons. The molecule has 0 bridgehead atoms. The van der Waals surface area contributed by atoms with Gasteiger partial charge in [-0.2, -0.15) is 0 Å². The molecular weight excluding hydrogens is 238 g/mol. The quantitative estimate of drug-likeness (QED) is 0.830. The van der Waals surface area contributed by atoms with Crippen LogP contribution in [0.5, 0.6) is 0 Å². The normalized spacial score (nSPS) is 35.5. The fraction of sp³-hybridized carbons (Fsp3) is 0.786. The third-order valence-corrected chi connectivity index (χ3v) is 5.54. The lowest BCUT2D eigenvalue weighted by Crippen LogP contribution is -2.61. The summed E-state index contributed by atoms with van der Waals surface area (Å²) in [6.07, 6.45) is 7.91. The lowest BCUT2D eigenvalue weighted by molar-refractivity contribution is 0.0397. The van der Waals surface area contributed by atoms with E-state index >= 15 is 0 Å². The summed E-state index contributed by atoms with van der Waals surface area (Å²) < 4.78 is 2.28. The molecule has 2 N–H and O–H groups in total. The molecule has 0 aliphatic carbocycles. The van der Waals surface area contributed by atoms with Gasteiger partial charge in [-0.15, -0.1) is 0 Å². The second kappa shape index (κ2) is 4.30. The topological polar surface area (TPSA) is 50.3 Å². The monoisotopic (exact) mass is 261 g/mol. The average Bonchev–Trinajstić information content (AvgIpc) is 3.14. The molecule has 0 spiro atoms. The summed E-state index contributed by atoms with van der Waals surface area (Å²) in [6.45, 7) is 6.43. The van der Waals surface area contributed by atoms with E-state index in [1.54, 1.807) is 0 Å². The molecule has 5 nitrogen and oxygen atoms in total. The van der Waals surface area contributed by atoms with E-state index in [9.17, 15) is 0 Å².